The summed E-state index contributed by atoms with van der Waals surface area (Å²) in [5, 5.41) is 1.02. The molecule has 0 saturated carbocycles. The summed E-state index contributed by atoms with van der Waals surface area (Å²) in [6.07, 6.45) is 3.65. The lowest BCUT2D eigenvalue weighted by atomic mass is 9.73. The van der Waals surface area contributed by atoms with Crippen molar-refractivity contribution in [2.24, 2.45) is 0 Å². The van der Waals surface area contributed by atoms with Crippen molar-refractivity contribution >= 4 is 38.6 Å². The first-order valence-corrected chi connectivity index (χ1v) is 11.2. The third kappa shape index (κ3) is 2.79. The van der Waals surface area contributed by atoms with Gasteiger partial charge in [-0.25, -0.2) is 4.98 Å². The van der Waals surface area contributed by atoms with E-state index in [0.717, 1.165) is 26.5 Å². The SMILES string of the molecule is CC1(C)c2ccccc2N(c2ccc(-c3nc4cnccc4s3)cc2)c2ccccc21. The van der Waals surface area contributed by atoms with E-state index in [2.05, 4.69) is 96.5 Å². The van der Waals surface area contributed by atoms with Crippen LogP contribution in [0.4, 0.5) is 17.1 Å². The summed E-state index contributed by atoms with van der Waals surface area (Å²) >= 11 is 1.70. The van der Waals surface area contributed by atoms with Crippen LogP contribution < -0.4 is 4.90 Å². The van der Waals surface area contributed by atoms with Crippen LogP contribution in [-0.4, -0.2) is 9.97 Å². The first-order valence-electron chi connectivity index (χ1n) is 10.4. The molecule has 0 spiro atoms. The molecule has 5 aromatic rings. The molecule has 4 heteroatoms. The lowest BCUT2D eigenvalue weighted by molar-refractivity contribution is 0.632. The van der Waals surface area contributed by atoms with Gasteiger partial charge in [-0.3, -0.25) is 4.98 Å². The highest BCUT2D eigenvalue weighted by Gasteiger charge is 2.36. The Bertz CT molecular complexity index is 1330. The maximum Gasteiger partial charge on any atom is 0.124 e. The molecule has 1 aliphatic heterocycles. The average Bonchev–Trinajstić information content (AvgIpc) is 3.24. The second-order valence-corrected chi connectivity index (χ2v) is 9.43. The van der Waals surface area contributed by atoms with Gasteiger partial charge in [0.1, 0.15) is 10.5 Å². The van der Waals surface area contributed by atoms with E-state index in [1.54, 1.807) is 11.3 Å². The Morgan fingerprint density at radius 3 is 2.06 bits per heavy atom. The van der Waals surface area contributed by atoms with Crippen molar-refractivity contribution in [2.75, 3.05) is 4.90 Å². The molecule has 3 aromatic carbocycles. The van der Waals surface area contributed by atoms with Crippen molar-refractivity contribution in [1.29, 1.82) is 0 Å². The standard InChI is InChI=1S/C27H21N3S/c1-27(2)20-7-3-5-9-23(20)30(24-10-6-4-8-21(24)27)19-13-11-18(12-14-19)26-29-22-17-28-16-15-25(22)31-26/h3-17H,1-2H3. The molecule has 150 valence electrons. The summed E-state index contributed by atoms with van der Waals surface area (Å²) in [5.41, 5.74) is 8.36. The van der Waals surface area contributed by atoms with Crippen LogP contribution in [-0.2, 0) is 5.41 Å². The summed E-state index contributed by atoms with van der Waals surface area (Å²) in [6.45, 7) is 4.63. The fraction of sp³-hybridized carbons (Fsp3) is 0.111. The fourth-order valence-corrected chi connectivity index (χ4v) is 5.54. The van der Waals surface area contributed by atoms with Crippen LogP contribution in [0.25, 0.3) is 20.8 Å². The van der Waals surface area contributed by atoms with Gasteiger partial charge in [0.25, 0.3) is 0 Å². The molecule has 1 aliphatic rings. The second-order valence-electron chi connectivity index (χ2n) is 8.40. The van der Waals surface area contributed by atoms with E-state index in [9.17, 15) is 0 Å². The molecule has 31 heavy (non-hydrogen) atoms. The molecule has 0 atom stereocenters. The number of benzene rings is 3. The second kappa shape index (κ2) is 6.76. The molecule has 0 saturated heterocycles. The number of rotatable bonds is 2. The van der Waals surface area contributed by atoms with Crippen molar-refractivity contribution in [3.8, 4) is 10.6 Å². The first kappa shape index (κ1) is 18.3. The fourth-order valence-electron chi connectivity index (χ4n) is 4.60. The Kier molecular flexibility index (Phi) is 3.99. The van der Waals surface area contributed by atoms with Gasteiger partial charge in [-0.2, -0.15) is 0 Å². The number of para-hydroxylation sites is 2. The monoisotopic (exact) mass is 419 g/mol. The Morgan fingerprint density at radius 1 is 0.774 bits per heavy atom. The van der Waals surface area contributed by atoms with Gasteiger partial charge in [0.05, 0.1) is 22.3 Å². The average molecular weight is 420 g/mol. The lowest BCUT2D eigenvalue weighted by Gasteiger charge is -2.42. The zero-order valence-corrected chi connectivity index (χ0v) is 18.2. The minimum atomic E-state index is -0.0430. The molecular weight excluding hydrogens is 398 g/mol. The number of aromatic nitrogens is 2. The highest BCUT2D eigenvalue weighted by molar-refractivity contribution is 7.21. The van der Waals surface area contributed by atoms with Crippen LogP contribution in [0.1, 0.15) is 25.0 Å². The molecule has 0 radical (unpaired) electrons. The number of hydrogen-bond donors (Lipinski definition) is 0. The number of anilines is 3. The van der Waals surface area contributed by atoms with Crippen LogP contribution in [0.15, 0.2) is 91.3 Å². The van der Waals surface area contributed by atoms with E-state index in [-0.39, 0.29) is 5.41 Å². The van der Waals surface area contributed by atoms with Gasteiger partial charge in [0.2, 0.25) is 0 Å². The molecule has 0 bridgehead atoms. The van der Waals surface area contributed by atoms with E-state index in [0.29, 0.717) is 0 Å². The van der Waals surface area contributed by atoms with E-state index in [1.807, 2.05) is 18.5 Å². The van der Waals surface area contributed by atoms with Crippen LogP contribution in [0, 0.1) is 0 Å². The van der Waals surface area contributed by atoms with Crippen LogP contribution in [0.5, 0.6) is 0 Å². The van der Waals surface area contributed by atoms with Gasteiger partial charge in [-0.05, 0) is 53.6 Å². The van der Waals surface area contributed by atoms with Crippen molar-refractivity contribution in [2.45, 2.75) is 19.3 Å². The van der Waals surface area contributed by atoms with Crippen molar-refractivity contribution in [3.05, 3.63) is 102 Å². The topological polar surface area (TPSA) is 29.0 Å². The molecule has 0 fully saturated rings. The number of fused-ring (bicyclic) bond motifs is 3. The van der Waals surface area contributed by atoms with E-state index in [4.69, 9.17) is 4.98 Å². The number of pyridine rings is 1. The maximum atomic E-state index is 4.76. The molecular formula is C27H21N3S. The third-order valence-electron chi connectivity index (χ3n) is 6.20. The smallest absolute Gasteiger partial charge is 0.124 e. The van der Waals surface area contributed by atoms with Gasteiger partial charge >= 0.3 is 0 Å². The lowest BCUT2D eigenvalue weighted by Crippen LogP contribution is -2.30. The Morgan fingerprint density at radius 2 is 1.42 bits per heavy atom. The molecule has 0 unspecified atom stereocenters. The minimum Gasteiger partial charge on any atom is -0.310 e. The van der Waals surface area contributed by atoms with Gasteiger partial charge in [0.15, 0.2) is 0 Å². The molecule has 0 amide bonds. The van der Waals surface area contributed by atoms with Crippen LogP contribution in [0.3, 0.4) is 0 Å². The van der Waals surface area contributed by atoms with Gasteiger partial charge in [0, 0.05) is 22.9 Å². The third-order valence-corrected chi connectivity index (χ3v) is 7.28. The highest BCUT2D eigenvalue weighted by Crippen LogP contribution is 2.51. The zero-order chi connectivity index (χ0) is 21.0. The number of nitrogens with zero attached hydrogens (tertiary/aromatic N) is 3. The van der Waals surface area contributed by atoms with Gasteiger partial charge in [-0.1, -0.05) is 50.2 Å². The summed E-state index contributed by atoms with van der Waals surface area (Å²) in [4.78, 5) is 11.3. The Hall–Kier alpha value is -3.50. The summed E-state index contributed by atoms with van der Waals surface area (Å²) < 4.78 is 1.16. The quantitative estimate of drug-likeness (QED) is 0.297. The van der Waals surface area contributed by atoms with Crippen LogP contribution >= 0.6 is 11.3 Å². The molecule has 3 nitrogen and oxygen atoms in total. The maximum absolute atomic E-state index is 4.76. The summed E-state index contributed by atoms with van der Waals surface area (Å²) in [7, 11) is 0. The predicted octanol–water partition coefficient (Wildman–Crippen LogP) is 7.47. The van der Waals surface area contributed by atoms with E-state index < -0.39 is 0 Å². The van der Waals surface area contributed by atoms with Gasteiger partial charge in [-0.15, -0.1) is 11.3 Å². The number of thiazole rings is 1. The Labute approximate surface area is 185 Å². The molecule has 0 N–H and O–H groups in total. The highest BCUT2D eigenvalue weighted by atomic mass is 32.1. The molecule has 0 aliphatic carbocycles. The largest absolute Gasteiger partial charge is 0.310 e. The zero-order valence-electron chi connectivity index (χ0n) is 17.4. The van der Waals surface area contributed by atoms with Crippen molar-refractivity contribution in [3.63, 3.8) is 0 Å². The van der Waals surface area contributed by atoms with E-state index in [1.165, 1.54) is 22.5 Å². The van der Waals surface area contributed by atoms with Crippen LogP contribution in [0.2, 0.25) is 0 Å². The van der Waals surface area contributed by atoms with Gasteiger partial charge < -0.3 is 4.90 Å². The minimum absolute atomic E-state index is 0.0430. The van der Waals surface area contributed by atoms with E-state index >= 15 is 0 Å². The first-order chi connectivity index (χ1) is 15.1. The summed E-state index contributed by atoms with van der Waals surface area (Å²) in [5.74, 6) is 0. The normalized spacial score (nSPS) is 14.3. The molecule has 3 heterocycles. The molecule has 6 rings (SSSR count). The Balaban J connectivity index is 1.47. The van der Waals surface area contributed by atoms with Crippen molar-refractivity contribution in [1.82, 2.24) is 9.97 Å². The van der Waals surface area contributed by atoms with Crippen molar-refractivity contribution < 1.29 is 0 Å². The number of hydrogen-bond acceptors (Lipinski definition) is 4. The predicted molar refractivity (Wildman–Crippen MR) is 130 cm³/mol. The molecule has 2 aromatic heterocycles. The summed E-state index contributed by atoms with van der Waals surface area (Å²) in [6, 6.07) is 28.2.